The Balaban J connectivity index is 2.34. The van der Waals surface area contributed by atoms with E-state index in [0.717, 1.165) is 18.8 Å². The second-order valence-electron chi connectivity index (χ2n) is 6.18. The van der Waals surface area contributed by atoms with E-state index in [9.17, 15) is 0 Å². The first kappa shape index (κ1) is 15.8. The van der Waals surface area contributed by atoms with Crippen molar-refractivity contribution in [2.24, 2.45) is 12.5 Å². The first-order valence-corrected chi connectivity index (χ1v) is 7.24. The van der Waals surface area contributed by atoms with Crippen LogP contribution < -0.4 is 5.32 Å². The number of nitrogens with zero attached hydrogens (tertiary/aromatic N) is 2. The molecule has 0 aromatic carbocycles. The van der Waals surface area contributed by atoms with Crippen LogP contribution in [0.5, 0.6) is 0 Å². The smallest absolute Gasteiger partial charge is 0.120 e. The van der Waals surface area contributed by atoms with E-state index in [-0.39, 0.29) is 0 Å². The van der Waals surface area contributed by atoms with Crippen molar-refractivity contribution >= 4 is 0 Å². The molecule has 0 spiro atoms. The molecule has 0 saturated heterocycles. The van der Waals surface area contributed by atoms with Gasteiger partial charge in [-0.25, -0.2) is 0 Å². The molecule has 1 aromatic rings. The van der Waals surface area contributed by atoms with Crippen molar-refractivity contribution in [3.63, 3.8) is 0 Å². The fraction of sp³-hybridized carbons (Fsp3) is 0.688. The molecule has 0 saturated carbocycles. The summed E-state index contributed by atoms with van der Waals surface area (Å²) in [6, 6.07) is 4.15. The lowest BCUT2D eigenvalue weighted by atomic mass is 9.87. The molecule has 3 heteroatoms. The van der Waals surface area contributed by atoms with Gasteiger partial charge in [0.15, 0.2) is 0 Å². The maximum atomic E-state index is 8.92. The van der Waals surface area contributed by atoms with Gasteiger partial charge in [0.2, 0.25) is 0 Å². The van der Waals surface area contributed by atoms with Gasteiger partial charge in [-0.05, 0) is 23.5 Å². The zero-order chi connectivity index (χ0) is 14.3. The lowest BCUT2D eigenvalue weighted by molar-refractivity contribution is 0.302. The van der Waals surface area contributed by atoms with Crippen LogP contribution in [0.25, 0.3) is 0 Å². The Morgan fingerprint density at radius 3 is 2.68 bits per heavy atom. The zero-order valence-electron chi connectivity index (χ0n) is 12.8. The number of rotatable bonds is 8. The van der Waals surface area contributed by atoms with Crippen molar-refractivity contribution in [2.45, 2.75) is 53.0 Å². The van der Waals surface area contributed by atoms with Crippen LogP contribution in [0.3, 0.4) is 0 Å². The van der Waals surface area contributed by atoms with Crippen molar-refractivity contribution in [2.75, 3.05) is 6.54 Å². The summed E-state index contributed by atoms with van der Waals surface area (Å²) in [6.45, 7) is 8.75. The Labute approximate surface area is 117 Å². The normalized spacial score (nSPS) is 11.5. The maximum absolute atomic E-state index is 8.92. The second kappa shape index (κ2) is 7.35. The fourth-order valence-corrected chi connectivity index (χ4v) is 2.33. The topological polar surface area (TPSA) is 40.8 Å². The molecule has 0 aliphatic rings. The maximum Gasteiger partial charge on any atom is 0.120 e. The summed E-state index contributed by atoms with van der Waals surface area (Å²) in [5, 5.41) is 12.4. The Morgan fingerprint density at radius 2 is 2.11 bits per heavy atom. The van der Waals surface area contributed by atoms with Gasteiger partial charge in [-0.2, -0.15) is 5.26 Å². The molecule has 1 rings (SSSR count). The van der Waals surface area contributed by atoms with Crippen LogP contribution in [-0.4, -0.2) is 11.1 Å². The third kappa shape index (κ3) is 5.48. The molecule has 0 atom stereocenters. The summed E-state index contributed by atoms with van der Waals surface area (Å²) in [6.07, 6.45) is 7.22. The standard InChI is InChI=1S/C16H27N3/c1-5-6-7-8-16(2,3)13-18-11-14-9-15(10-17)19(4)12-14/h9,12,18H,5-8,11,13H2,1-4H3. The molecule has 0 unspecified atom stereocenters. The Morgan fingerprint density at radius 1 is 1.37 bits per heavy atom. The first-order valence-electron chi connectivity index (χ1n) is 7.24. The molecule has 19 heavy (non-hydrogen) atoms. The van der Waals surface area contributed by atoms with Crippen LogP contribution in [0, 0.1) is 16.7 Å². The molecule has 106 valence electrons. The van der Waals surface area contributed by atoms with E-state index in [4.69, 9.17) is 5.26 Å². The minimum atomic E-state index is 0.349. The highest BCUT2D eigenvalue weighted by Crippen LogP contribution is 2.22. The zero-order valence-corrected chi connectivity index (χ0v) is 12.8. The van der Waals surface area contributed by atoms with E-state index < -0.39 is 0 Å². The largest absolute Gasteiger partial charge is 0.342 e. The minimum Gasteiger partial charge on any atom is -0.342 e. The van der Waals surface area contributed by atoms with Gasteiger partial charge >= 0.3 is 0 Å². The number of nitrogens with one attached hydrogen (secondary N) is 1. The SMILES string of the molecule is CCCCCC(C)(C)CNCc1cc(C#N)n(C)c1. The molecule has 3 nitrogen and oxygen atoms in total. The van der Waals surface area contributed by atoms with Crippen LogP contribution in [0.4, 0.5) is 0 Å². The highest BCUT2D eigenvalue weighted by atomic mass is 14.9. The molecule has 1 aromatic heterocycles. The quantitative estimate of drug-likeness (QED) is 0.726. The molecule has 0 aliphatic carbocycles. The highest BCUT2D eigenvalue weighted by molar-refractivity contribution is 5.28. The van der Waals surface area contributed by atoms with E-state index in [0.29, 0.717) is 5.41 Å². The third-order valence-corrected chi connectivity index (χ3v) is 3.57. The predicted molar refractivity (Wildman–Crippen MR) is 79.8 cm³/mol. The van der Waals surface area contributed by atoms with Gasteiger partial charge in [0, 0.05) is 26.3 Å². The number of aromatic nitrogens is 1. The Hall–Kier alpha value is -1.27. The van der Waals surface area contributed by atoms with Gasteiger partial charge in [-0.1, -0.05) is 40.0 Å². The van der Waals surface area contributed by atoms with Crippen molar-refractivity contribution in [1.29, 1.82) is 5.26 Å². The summed E-state index contributed by atoms with van der Waals surface area (Å²) >= 11 is 0. The van der Waals surface area contributed by atoms with Gasteiger partial charge in [0.1, 0.15) is 11.8 Å². The number of unbranched alkanes of at least 4 members (excludes halogenated alkanes) is 2. The predicted octanol–water partition coefficient (Wildman–Crippen LogP) is 3.59. The molecular weight excluding hydrogens is 234 g/mol. The molecule has 0 fully saturated rings. The summed E-state index contributed by atoms with van der Waals surface area (Å²) in [5.74, 6) is 0. The number of hydrogen-bond acceptors (Lipinski definition) is 2. The molecule has 0 bridgehead atoms. The van der Waals surface area contributed by atoms with Crippen LogP contribution in [0.2, 0.25) is 0 Å². The molecule has 1 heterocycles. The summed E-state index contributed by atoms with van der Waals surface area (Å²) < 4.78 is 1.88. The van der Waals surface area contributed by atoms with E-state index in [2.05, 4.69) is 32.2 Å². The molecule has 0 amide bonds. The monoisotopic (exact) mass is 261 g/mol. The third-order valence-electron chi connectivity index (χ3n) is 3.57. The first-order chi connectivity index (χ1) is 8.98. The van der Waals surface area contributed by atoms with Crippen molar-refractivity contribution in [1.82, 2.24) is 9.88 Å². The van der Waals surface area contributed by atoms with Gasteiger partial charge < -0.3 is 9.88 Å². The van der Waals surface area contributed by atoms with E-state index >= 15 is 0 Å². The number of nitriles is 1. The van der Waals surface area contributed by atoms with Crippen LogP contribution in [-0.2, 0) is 13.6 Å². The van der Waals surface area contributed by atoms with E-state index in [1.54, 1.807) is 0 Å². The average molecular weight is 261 g/mol. The van der Waals surface area contributed by atoms with Crippen LogP contribution in [0.15, 0.2) is 12.3 Å². The average Bonchev–Trinajstić information content (AvgIpc) is 2.69. The fourth-order valence-electron chi connectivity index (χ4n) is 2.33. The molecule has 1 N–H and O–H groups in total. The Kier molecular flexibility index (Phi) is 6.11. The van der Waals surface area contributed by atoms with Crippen molar-refractivity contribution in [3.8, 4) is 6.07 Å². The number of aryl methyl sites for hydroxylation is 1. The van der Waals surface area contributed by atoms with E-state index in [1.165, 1.54) is 31.2 Å². The van der Waals surface area contributed by atoms with Crippen LogP contribution >= 0.6 is 0 Å². The van der Waals surface area contributed by atoms with Gasteiger partial charge in [0.25, 0.3) is 0 Å². The summed E-state index contributed by atoms with van der Waals surface area (Å²) in [5.41, 5.74) is 2.25. The molecule has 0 radical (unpaired) electrons. The highest BCUT2D eigenvalue weighted by Gasteiger charge is 2.16. The van der Waals surface area contributed by atoms with Gasteiger partial charge in [0.05, 0.1) is 0 Å². The lowest BCUT2D eigenvalue weighted by Gasteiger charge is -2.25. The molecule has 0 aliphatic heterocycles. The number of hydrogen-bond donors (Lipinski definition) is 1. The summed E-state index contributed by atoms with van der Waals surface area (Å²) in [4.78, 5) is 0. The van der Waals surface area contributed by atoms with Crippen LogP contribution in [0.1, 0.15) is 57.7 Å². The minimum absolute atomic E-state index is 0.349. The van der Waals surface area contributed by atoms with Crippen molar-refractivity contribution < 1.29 is 0 Å². The van der Waals surface area contributed by atoms with Crippen molar-refractivity contribution in [3.05, 3.63) is 23.5 Å². The lowest BCUT2D eigenvalue weighted by Crippen LogP contribution is -2.29. The van der Waals surface area contributed by atoms with Gasteiger partial charge in [-0.3, -0.25) is 0 Å². The molecular formula is C16H27N3. The second-order valence-corrected chi connectivity index (χ2v) is 6.18. The van der Waals surface area contributed by atoms with Gasteiger partial charge in [-0.15, -0.1) is 0 Å². The summed E-state index contributed by atoms with van der Waals surface area (Å²) in [7, 11) is 1.91. The van der Waals surface area contributed by atoms with E-state index in [1.807, 2.05) is 23.9 Å². The Bertz CT molecular complexity index is 424.